The van der Waals surface area contributed by atoms with Gasteiger partial charge in [0.25, 0.3) is 5.91 Å². The number of hydrogen-bond donors (Lipinski definition) is 2. The Morgan fingerprint density at radius 2 is 2.04 bits per heavy atom. The Morgan fingerprint density at radius 1 is 1.19 bits per heavy atom. The highest BCUT2D eigenvalue weighted by atomic mass is 16.2. The molecule has 1 aromatic carbocycles. The molecule has 7 heteroatoms. The van der Waals surface area contributed by atoms with E-state index >= 15 is 0 Å². The second-order valence-corrected chi connectivity index (χ2v) is 7.49. The van der Waals surface area contributed by atoms with Gasteiger partial charge in [0.05, 0.1) is 0 Å². The molecule has 138 valence electrons. The van der Waals surface area contributed by atoms with Crippen LogP contribution in [0.5, 0.6) is 0 Å². The van der Waals surface area contributed by atoms with Gasteiger partial charge in [0.2, 0.25) is 11.8 Å². The molecule has 26 heavy (non-hydrogen) atoms. The molecule has 4 rings (SSSR count). The number of carbonyl (C=O) groups excluding carboxylic acids is 3. The first-order chi connectivity index (χ1) is 12.5. The second kappa shape index (κ2) is 6.81. The lowest BCUT2D eigenvalue weighted by atomic mass is 10.0. The number of hydrogen-bond acceptors (Lipinski definition) is 5. The van der Waals surface area contributed by atoms with Gasteiger partial charge >= 0.3 is 0 Å². The van der Waals surface area contributed by atoms with Crippen molar-refractivity contribution in [2.45, 2.75) is 50.9 Å². The number of fused-ring (bicyclic) bond motifs is 1. The van der Waals surface area contributed by atoms with Gasteiger partial charge in [0.1, 0.15) is 6.04 Å². The van der Waals surface area contributed by atoms with Crippen LogP contribution in [-0.2, 0) is 22.7 Å². The van der Waals surface area contributed by atoms with Gasteiger partial charge in [0.15, 0.2) is 0 Å². The van der Waals surface area contributed by atoms with E-state index in [1.165, 1.54) is 0 Å². The Hall–Kier alpha value is -2.25. The molecule has 1 aromatic rings. The number of rotatable bonds is 3. The fourth-order valence-corrected chi connectivity index (χ4v) is 4.30. The zero-order valence-electron chi connectivity index (χ0n) is 14.7. The molecule has 0 aromatic heterocycles. The zero-order chi connectivity index (χ0) is 18.3. The van der Waals surface area contributed by atoms with E-state index in [2.05, 4.69) is 10.2 Å². The predicted octanol–water partition coefficient (Wildman–Crippen LogP) is 0.371. The lowest BCUT2D eigenvalue weighted by Gasteiger charge is -2.31. The molecule has 7 nitrogen and oxygen atoms in total. The van der Waals surface area contributed by atoms with Gasteiger partial charge in [-0.25, -0.2) is 0 Å². The van der Waals surface area contributed by atoms with Crippen LogP contribution in [0.3, 0.4) is 0 Å². The first-order valence-electron chi connectivity index (χ1n) is 9.26. The topological polar surface area (TPSA) is 95.7 Å². The Bertz CT molecular complexity index is 763. The summed E-state index contributed by atoms with van der Waals surface area (Å²) in [6, 6.07) is 5.54. The summed E-state index contributed by atoms with van der Waals surface area (Å²) >= 11 is 0. The third kappa shape index (κ3) is 3.12. The highest BCUT2D eigenvalue weighted by Gasteiger charge is 2.40. The third-order valence-electron chi connectivity index (χ3n) is 5.57. The van der Waals surface area contributed by atoms with Gasteiger partial charge in [-0.2, -0.15) is 0 Å². The van der Waals surface area contributed by atoms with Crippen molar-refractivity contribution >= 4 is 17.7 Å². The number of piperidine rings is 2. The van der Waals surface area contributed by atoms with Crippen LogP contribution < -0.4 is 11.1 Å². The van der Waals surface area contributed by atoms with Crippen molar-refractivity contribution in [2.24, 2.45) is 5.73 Å². The molecule has 3 amide bonds. The van der Waals surface area contributed by atoms with Gasteiger partial charge in [-0.1, -0.05) is 18.2 Å². The molecule has 3 aliphatic heterocycles. The van der Waals surface area contributed by atoms with Crippen molar-refractivity contribution in [1.29, 1.82) is 0 Å². The van der Waals surface area contributed by atoms with Crippen LogP contribution >= 0.6 is 0 Å². The second-order valence-electron chi connectivity index (χ2n) is 7.49. The van der Waals surface area contributed by atoms with Gasteiger partial charge in [-0.15, -0.1) is 0 Å². The largest absolute Gasteiger partial charge is 0.327 e. The first-order valence-corrected chi connectivity index (χ1v) is 9.26. The fraction of sp³-hybridized carbons (Fsp3) is 0.526. The fourth-order valence-electron chi connectivity index (χ4n) is 4.30. The number of nitrogens with zero attached hydrogens (tertiary/aromatic N) is 2. The van der Waals surface area contributed by atoms with Crippen molar-refractivity contribution in [1.82, 2.24) is 15.1 Å². The van der Waals surface area contributed by atoms with Crippen molar-refractivity contribution < 1.29 is 14.4 Å². The van der Waals surface area contributed by atoms with Gasteiger partial charge < -0.3 is 10.6 Å². The minimum Gasteiger partial charge on any atom is -0.327 e. The molecule has 0 bridgehead atoms. The maximum absolute atomic E-state index is 13.1. The monoisotopic (exact) mass is 356 g/mol. The number of nitrogens with two attached hydrogens (primary N) is 1. The Balaban J connectivity index is 1.55. The molecule has 0 spiro atoms. The SMILES string of the molecule is N[C@H]1CCCN(Cc2cccc3c2C(=O)N(C2CCC(=O)NC2=O)C3)C1. The quantitative estimate of drug-likeness (QED) is 0.763. The van der Waals surface area contributed by atoms with Crippen LogP contribution in [0.2, 0.25) is 0 Å². The van der Waals surface area contributed by atoms with Crippen LogP contribution in [0.1, 0.15) is 47.2 Å². The highest BCUT2D eigenvalue weighted by Crippen LogP contribution is 2.30. The Kier molecular flexibility index (Phi) is 4.50. The average Bonchev–Trinajstić information content (AvgIpc) is 2.93. The van der Waals surface area contributed by atoms with E-state index in [4.69, 9.17) is 5.73 Å². The number of benzene rings is 1. The Morgan fingerprint density at radius 3 is 2.81 bits per heavy atom. The Labute approximate surface area is 152 Å². The van der Waals surface area contributed by atoms with Gasteiger partial charge in [-0.3, -0.25) is 24.6 Å². The molecule has 3 aliphatic rings. The summed E-state index contributed by atoms with van der Waals surface area (Å²) in [5.41, 5.74) is 8.75. The molecular weight excluding hydrogens is 332 g/mol. The molecule has 1 unspecified atom stereocenters. The number of nitrogens with one attached hydrogen (secondary N) is 1. The lowest BCUT2D eigenvalue weighted by Crippen LogP contribution is -2.52. The van der Waals surface area contributed by atoms with Crippen molar-refractivity contribution in [3.63, 3.8) is 0 Å². The summed E-state index contributed by atoms with van der Waals surface area (Å²) in [6.07, 6.45) is 2.79. The molecule has 2 saturated heterocycles. The summed E-state index contributed by atoms with van der Waals surface area (Å²) in [6.45, 7) is 2.96. The third-order valence-corrected chi connectivity index (χ3v) is 5.57. The maximum Gasteiger partial charge on any atom is 0.255 e. The van der Waals surface area contributed by atoms with E-state index < -0.39 is 6.04 Å². The first kappa shape index (κ1) is 17.2. The van der Waals surface area contributed by atoms with E-state index in [0.29, 0.717) is 19.5 Å². The summed E-state index contributed by atoms with van der Waals surface area (Å²) in [5.74, 6) is -0.741. The molecule has 3 N–H and O–H groups in total. The average molecular weight is 356 g/mol. The van der Waals surface area contributed by atoms with Crippen LogP contribution in [-0.4, -0.2) is 52.7 Å². The number of carbonyl (C=O) groups is 3. The van der Waals surface area contributed by atoms with Crippen LogP contribution in [0.4, 0.5) is 0 Å². The van der Waals surface area contributed by atoms with Gasteiger partial charge in [-0.05, 0) is 36.9 Å². The van der Waals surface area contributed by atoms with Crippen LogP contribution in [0, 0.1) is 0 Å². The number of amides is 3. The van der Waals surface area contributed by atoms with E-state index in [1.54, 1.807) is 4.90 Å². The summed E-state index contributed by atoms with van der Waals surface area (Å²) in [7, 11) is 0. The highest BCUT2D eigenvalue weighted by molar-refractivity contribution is 6.05. The molecule has 3 heterocycles. The molecule has 0 saturated carbocycles. The standard InChI is InChI=1S/C19H24N4O3/c20-14-5-2-8-22(11-14)9-12-3-1-4-13-10-23(19(26)17(12)13)15-6-7-16(24)21-18(15)25/h1,3-4,14-15H,2,5-11,20H2,(H,21,24,25)/t14-,15?/m0/s1. The number of imide groups is 1. The summed E-state index contributed by atoms with van der Waals surface area (Å²) < 4.78 is 0. The van der Waals surface area contributed by atoms with Crippen molar-refractivity contribution in [2.75, 3.05) is 13.1 Å². The lowest BCUT2D eigenvalue weighted by molar-refractivity contribution is -0.136. The molecule has 0 radical (unpaired) electrons. The van der Waals surface area contributed by atoms with Crippen LogP contribution in [0.15, 0.2) is 18.2 Å². The number of likely N-dealkylation sites (tertiary alicyclic amines) is 1. The maximum atomic E-state index is 13.1. The summed E-state index contributed by atoms with van der Waals surface area (Å²) in [4.78, 5) is 40.5. The van der Waals surface area contributed by atoms with Crippen molar-refractivity contribution in [3.8, 4) is 0 Å². The zero-order valence-corrected chi connectivity index (χ0v) is 14.7. The summed E-state index contributed by atoms with van der Waals surface area (Å²) in [5, 5.41) is 2.34. The molecular formula is C19H24N4O3. The molecule has 2 fully saturated rings. The van der Waals surface area contributed by atoms with E-state index in [1.807, 2.05) is 18.2 Å². The van der Waals surface area contributed by atoms with E-state index in [0.717, 1.165) is 42.6 Å². The van der Waals surface area contributed by atoms with E-state index in [-0.39, 0.29) is 30.2 Å². The van der Waals surface area contributed by atoms with E-state index in [9.17, 15) is 14.4 Å². The van der Waals surface area contributed by atoms with Gasteiger partial charge in [0, 0.05) is 37.7 Å². The normalized spacial score (nSPS) is 26.8. The molecule has 2 atom stereocenters. The molecule has 0 aliphatic carbocycles. The van der Waals surface area contributed by atoms with Crippen LogP contribution in [0.25, 0.3) is 0 Å². The van der Waals surface area contributed by atoms with Crippen molar-refractivity contribution in [3.05, 3.63) is 34.9 Å². The predicted molar refractivity (Wildman–Crippen MR) is 95.0 cm³/mol. The minimum atomic E-state index is -0.566. The smallest absolute Gasteiger partial charge is 0.255 e. The minimum absolute atomic E-state index is 0.105.